The molecule has 0 spiro atoms. The van der Waals surface area contributed by atoms with Crippen LogP contribution in [0.25, 0.3) is 22.5 Å². The first kappa shape index (κ1) is 20.3. The molecule has 5 nitrogen and oxygen atoms in total. The fraction of sp³-hybridized carbons (Fsp3) is 0.130. The molecule has 0 bridgehead atoms. The molecule has 0 fully saturated rings. The Morgan fingerprint density at radius 3 is 2.23 bits per heavy atom. The van der Waals surface area contributed by atoms with Crippen LogP contribution in [0.15, 0.2) is 77.1 Å². The van der Waals surface area contributed by atoms with Gasteiger partial charge in [0.2, 0.25) is 5.91 Å². The van der Waals surface area contributed by atoms with Gasteiger partial charge in [0.15, 0.2) is 5.13 Å². The van der Waals surface area contributed by atoms with Crippen molar-refractivity contribution in [2.75, 3.05) is 5.32 Å². The van der Waals surface area contributed by atoms with E-state index in [0.717, 1.165) is 27.5 Å². The van der Waals surface area contributed by atoms with Crippen molar-refractivity contribution in [2.24, 2.45) is 0 Å². The Labute approximate surface area is 183 Å². The summed E-state index contributed by atoms with van der Waals surface area (Å²) in [5, 5.41) is 5.90. The molecule has 0 aliphatic carbocycles. The minimum atomic E-state index is -0.327. The Morgan fingerprint density at radius 2 is 1.57 bits per heavy atom. The molecule has 0 aliphatic heterocycles. The minimum Gasteiger partial charge on any atom is -0.301 e. The lowest BCUT2D eigenvalue weighted by Gasteiger charge is -2.11. The molecule has 4 aromatic rings. The molecule has 0 aliphatic rings. The van der Waals surface area contributed by atoms with E-state index in [-0.39, 0.29) is 11.2 Å². The fourth-order valence-corrected chi connectivity index (χ4v) is 4.49. The number of thioether (sulfide) groups is 1. The summed E-state index contributed by atoms with van der Waals surface area (Å²) in [7, 11) is 0. The first-order chi connectivity index (χ1) is 14.6. The van der Waals surface area contributed by atoms with Gasteiger partial charge in [0.05, 0.1) is 16.6 Å². The van der Waals surface area contributed by atoms with Gasteiger partial charge < -0.3 is 5.32 Å². The minimum absolute atomic E-state index is 0.105. The van der Waals surface area contributed by atoms with Crippen LogP contribution in [0.4, 0.5) is 5.13 Å². The first-order valence-electron chi connectivity index (χ1n) is 9.48. The average Bonchev–Trinajstić information content (AvgIpc) is 3.23. The predicted octanol–water partition coefficient (Wildman–Crippen LogP) is 5.69. The van der Waals surface area contributed by atoms with Crippen LogP contribution in [-0.2, 0) is 4.79 Å². The summed E-state index contributed by atoms with van der Waals surface area (Å²) < 4.78 is 0. The second-order valence-electron chi connectivity index (χ2n) is 6.66. The SMILES string of the molecule is Cc1nc(SC(C)C(=O)Nc2nc(-c3ccccc3)cs2)cc(-c2ccccc2)n1. The predicted molar refractivity (Wildman–Crippen MR) is 124 cm³/mol. The molecule has 150 valence electrons. The van der Waals surface area contributed by atoms with Crippen molar-refractivity contribution >= 4 is 34.1 Å². The van der Waals surface area contributed by atoms with Crippen molar-refractivity contribution < 1.29 is 4.79 Å². The summed E-state index contributed by atoms with van der Waals surface area (Å²) in [6.07, 6.45) is 0. The lowest BCUT2D eigenvalue weighted by Crippen LogP contribution is -2.22. The number of aryl methyl sites for hydroxylation is 1. The molecule has 30 heavy (non-hydrogen) atoms. The average molecular weight is 433 g/mol. The van der Waals surface area contributed by atoms with E-state index in [9.17, 15) is 4.79 Å². The summed E-state index contributed by atoms with van der Waals surface area (Å²) in [5.74, 6) is 0.574. The molecular formula is C23H20N4OS2. The van der Waals surface area contributed by atoms with E-state index < -0.39 is 0 Å². The monoisotopic (exact) mass is 432 g/mol. The molecule has 1 amide bonds. The number of benzene rings is 2. The number of anilines is 1. The third kappa shape index (κ3) is 4.93. The van der Waals surface area contributed by atoms with Crippen molar-refractivity contribution in [3.63, 3.8) is 0 Å². The van der Waals surface area contributed by atoms with Gasteiger partial charge in [0.25, 0.3) is 0 Å². The number of rotatable bonds is 6. The molecule has 2 aromatic heterocycles. The fourth-order valence-electron chi connectivity index (χ4n) is 2.87. The zero-order chi connectivity index (χ0) is 20.9. The maximum Gasteiger partial charge on any atom is 0.239 e. The molecule has 2 heterocycles. The van der Waals surface area contributed by atoms with Gasteiger partial charge in [0, 0.05) is 16.5 Å². The third-order valence-electron chi connectivity index (χ3n) is 4.35. The van der Waals surface area contributed by atoms with Crippen molar-refractivity contribution in [2.45, 2.75) is 24.1 Å². The van der Waals surface area contributed by atoms with Crippen molar-refractivity contribution in [1.82, 2.24) is 15.0 Å². The van der Waals surface area contributed by atoms with Crippen LogP contribution < -0.4 is 5.32 Å². The summed E-state index contributed by atoms with van der Waals surface area (Å²) in [6.45, 7) is 3.73. The number of hydrogen-bond donors (Lipinski definition) is 1. The highest BCUT2D eigenvalue weighted by molar-refractivity contribution is 8.00. The molecule has 0 saturated carbocycles. The van der Waals surface area contributed by atoms with Gasteiger partial charge in [-0.25, -0.2) is 15.0 Å². The topological polar surface area (TPSA) is 67.8 Å². The van der Waals surface area contributed by atoms with Crippen LogP contribution in [0.2, 0.25) is 0 Å². The van der Waals surface area contributed by atoms with Crippen LogP contribution in [0.5, 0.6) is 0 Å². The number of carbonyl (C=O) groups is 1. The van der Waals surface area contributed by atoms with Gasteiger partial charge in [-0.3, -0.25) is 4.79 Å². The van der Waals surface area contributed by atoms with E-state index in [4.69, 9.17) is 0 Å². The Hall–Kier alpha value is -3.03. The van der Waals surface area contributed by atoms with Gasteiger partial charge in [-0.05, 0) is 19.9 Å². The summed E-state index contributed by atoms with van der Waals surface area (Å²) in [4.78, 5) is 26.2. The zero-order valence-corrected chi connectivity index (χ0v) is 18.2. The molecule has 1 atom stereocenters. The molecule has 0 radical (unpaired) electrons. The first-order valence-corrected chi connectivity index (χ1v) is 11.2. The molecule has 1 N–H and O–H groups in total. The number of carbonyl (C=O) groups excluding carboxylic acids is 1. The van der Waals surface area contributed by atoms with E-state index in [0.29, 0.717) is 11.0 Å². The quantitative estimate of drug-likeness (QED) is 0.313. The molecule has 1 unspecified atom stereocenters. The van der Waals surface area contributed by atoms with Gasteiger partial charge in [0.1, 0.15) is 10.9 Å². The molecule has 2 aromatic carbocycles. The Balaban J connectivity index is 1.44. The maximum absolute atomic E-state index is 12.7. The number of nitrogens with zero attached hydrogens (tertiary/aromatic N) is 3. The summed E-state index contributed by atoms with van der Waals surface area (Å²) >= 11 is 2.83. The second kappa shape index (κ2) is 9.19. The molecule has 0 saturated heterocycles. The number of nitrogens with one attached hydrogen (secondary N) is 1. The van der Waals surface area contributed by atoms with Crippen LogP contribution in [0, 0.1) is 6.92 Å². The van der Waals surface area contributed by atoms with Crippen LogP contribution in [0.1, 0.15) is 12.7 Å². The van der Waals surface area contributed by atoms with Crippen molar-refractivity contribution in [1.29, 1.82) is 0 Å². The molecular weight excluding hydrogens is 412 g/mol. The standard InChI is InChI=1S/C23H20N4OS2/c1-15(22(28)27-23-26-20(14-29-23)18-11-7-4-8-12-18)30-21-13-19(24-16(2)25-21)17-9-5-3-6-10-17/h3-15H,1-2H3,(H,26,27,28). The number of hydrogen-bond acceptors (Lipinski definition) is 6. The number of aromatic nitrogens is 3. The summed E-state index contributed by atoms with van der Waals surface area (Å²) in [5.41, 5.74) is 3.76. The molecule has 4 rings (SSSR count). The molecule has 7 heteroatoms. The van der Waals surface area contributed by atoms with Gasteiger partial charge in [-0.2, -0.15) is 0 Å². The van der Waals surface area contributed by atoms with Crippen LogP contribution in [0.3, 0.4) is 0 Å². The van der Waals surface area contributed by atoms with Gasteiger partial charge >= 0.3 is 0 Å². The van der Waals surface area contributed by atoms with E-state index in [1.165, 1.54) is 23.1 Å². The Bertz CT molecular complexity index is 1150. The van der Waals surface area contributed by atoms with Crippen molar-refractivity contribution in [3.05, 3.63) is 77.9 Å². The Kier molecular flexibility index (Phi) is 6.21. The Morgan fingerprint density at radius 1 is 0.933 bits per heavy atom. The van der Waals surface area contributed by atoms with E-state index >= 15 is 0 Å². The maximum atomic E-state index is 12.7. The normalized spacial score (nSPS) is 11.8. The highest BCUT2D eigenvalue weighted by Crippen LogP contribution is 2.28. The van der Waals surface area contributed by atoms with Gasteiger partial charge in [-0.15, -0.1) is 11.3 Å². The van der Waals surface area contributed by atoms with Crippen LogP contribution in [-0.4, -0.2) is 26.1 Å². The second-order valence-corrected chi connectivity index (χ2v) is 8.88. The smallest absolute Gasteiger partial charge is 0.239 e. The van der Waals surface area contributed by atoms with E-state index in [1.807, 2.05) is 86.0 Å². The zero-order valence-electron chi connectivity index (χ0n) is 16.6. The van der Waals surface area contributed by atoms with E-state index in [1.54, 1.807) is 0 Å². The lowest BCUT2D eigenvalue weighted by atomic mass is 10.1. The third-order valence-corrected chi connectivity index (χ3v) is 6.13. The highest BCUT2D eigenvalue weighted by atomic mass is 32.2. The van der Waals surface area contributed by atoms with Crippen LogP contribution >= 0.6 is 23.1 Å². The largest absolute Gasteiger partial charge is 0.301 e. The number of thiazole rings is 1. The van der Waals surface area contributed by atoms with Crippen molar-refractivity contribution in [3.8, 4) is 22.5 Å². The number of amides is 1. The van der Waals surface area contributed by atoms with E-state index in [2.05, 4.69) is 20.3 Å². The highest BCUT2D eigenvalue weighted by Gasteiger charge is 2.18. The summed E-state index contributed by atoms with van der Waals surface area (Å²) in [6, 6.07) is 21.8. The lowest BCUT2D eigenvalue weighted by molar-refractivity contribution is -0.115. The van der Waals surface area contributed by atoms with Gasteiger partial charge in [-0.1, -0.05) is 72.4 Å².